The molecule has 0 saturated heterocycles. The van der Waals surface area contributed by atoms with E-state index in [1.807, 2.05) is 57.2 Å². The Labute approximate surface area is 195 Å². The third kappa shape index (κ3) is 7.58. The summed E-state index contributed by atoms with van der Waals surface area (Å²) in [5.41, 5.74) is 3.28. The van der Waals surface area contributed by atoms with Crippen LogP contribution in [0.15, 0.2) is 48.5 Å². The molecule has 0 radical (unpaired) electrons. The summed E-state index contributed by atoms with van der Waals surface area (Å²) in [7, 11) is 0. The number of hydrogen-bond donors (Lipinski definition) is 1. The summed E-state index contributed by atoms with van der Waals surface area (Å²) >= 11 is 7.94. The third-order valence-electron chi connectivity index (χ3n) is 5.43. The van der Waals surface area contributed by atoms with E-state index in [-0.39, 0.29) is 17.9 Å². The molecular weight excluding hydrogens is 428 g/mol. The largest absolute Gasteiger partial charge is 0.352 e. The minimum absolute atomic E-state index is 0.0512. The monoisotopic (exact) mass is 460 g/mol. The zero-order chi connectivity index (χ0) is 22.8. The van der Waals surface area contributed by atoms with Crippen LogP contribution in [-0.4, -0.2) is 34.6 Å². The van der Waals surface area contributed by atoms with Gasteiger partial charge in [0.05, 0.1) is 5.75 Å². The molecule has 0 bridgehead atoms. The first-order valence-electron chi connectivity index (χ1n) is 10.8. The van der Waals surface area contributed by atoms with E-state index in [1.54, 1.807) is 16.7 Å². The molecule has 6 heteroatoms. The summed E-state index contributed by atoms with van der Waals surface area (Å²) in [4.78, 5) is 27.9. The van der Waals surface area contributed by atoms with Crippen molar-refractivity contribution in [3.63, 3.8) is 0 Å². The fraction of sp³-hybridized carbons (Fsp3) is 0.440. The van der Waals surface area contributed by atoms with Crippen molar-refractivity contribution < 1.29 is 9.59 Å². The Balaban J connectivity index is 2.16. The van der Waals surface area contributed by atoms with Crippen LogP contribution in [0.1, 0.15) is 50.3 Å². The molecule has 1 N–H and O–H groups in total. The van der Waals surface area contributed by atoms with Crippen molar-refractivity contribution in [1.82, 2.24) is 10.2 Å². The summed E-state index contributed by atoms with van der Waals surface area (Å²) in [6, 6.07) is 15.2. The number of thioether (sulfide) groups is 1. The van der Waals surface area contributed by atoms with Crippen LogP contribution in [0.4, 0.5) is 0 Å². The van der Waals surface area contributed by atoms with E-state index in [4.69, 9.17) is 11.6 Å². The maximum atomic E-state index is 13.3. The number of aryl methyl sites for hydroxylation is 1. The van der Waals surface area contributed by atoms with Crippen molar-refractivity contribution >= 4 is 35.2 Å². The first-order valence-corrected chi connectivity index (χ1v) is 12.4. The maximum Gasteiger partial charge on any atom is 0.243 e. The lowest BCUT2D eigenvalue weighted by Gasteiger charge is -2.31. The molecular formula is C25H33ClN2O2S. The molecule has 0 aromatic heterocycles. The van der Waals surface area contributed by atoms with Gasteiger partial charge in [-0.15, -0.1) is 11.8 Å². The van der Waals surface area contributed by atoms with Gasteiger partial charge in [-0.3, -0.25) is 9.59 Å². The van der Waals surface area contributed by atoms with E-state index in [9.17, 15) is 9.59 Å². The van der Waals surface area contributed by atoms with Crippen LogP contribution in [0.2, 0.25) is 5.02 Å². The van der Waals surface area contributed by atoms with E-state index >= 15 is 0 Å². The highest BCUT2D eigenvalue weighted by atomic mass is 35.5. The van der Waals surface area contributed by atoms with Gasteiger partial charge in [-0.1, -0.05) is 67.9 Å². The highest BCUT2D eigenvalue weighted by Gasteiger charge is 2.29. The van der Waals surface area contributed by atoms with Gasteiger partial charge in [0.25, 0.3) is 0 Å². The van der Waals surface area contributed by atoms with Gasteiger partial charge in [-0.2, -0.15) is 0 Å². The second-order valence-electron chi connectivity index (χ2n) is 7.77. The van der Waals surface area contributed by atoms with Crippen molar-refractivity contribution in [2.45, 2.75) is 64.9 Å². The molecule has 31 heavy (non-hydrogen) atoms. The number of amides is 2. The van der Waals surface area contributed by atoms with Crippen LogP contribution >= 0.6 is 23.4 Å². The van der Waals surface area contributed by atoms with Gasteiger partial charge in [0.2, 0.25) is 11.8 Å². The van der Waals surface area contributed by atoms with E-state index in [0.717, 1.165) is 17.7 Å². The lowest BCUT2D eigenvalue weighted by molar-refractivity contribution is -0.139. The predicted octanol–water partition coefficient (Wildman–Crippen LogP) is 5.60. The van der Waals surface area contributed by atoms with Crippen LogP contribution in [0.5, 0.6) is 0 Å². The molecule has 0 aliphatic rings. The van der Waals surface area contributed by atoms with E-state index < -0.39 is 6.04 Å². The molecule has 0 aliphatic heterocycles. The van der Waals surface area contributed by atoms with Gasteiger partial charge < -0.3 is 10.2 Å². The minimum Gasteiger partial charge on any atom is -0.352 e. The molecule has 0 fully saturated rings. The smallest absolute Gasteiger partial charge is 0.243 e. The van der Waals surface area contributed by atoms with Crippen molar-refractivity contribution in [2.24, 2.45) is 0 Å². The van der Waals surface area contributed by atoms with E-state index in [2.05, 4.69) is 24.4 Å². The molecule has 168 valence electrons. The standard InChI is InChI=1S/C25H33ClN2O2S/c1-5-19(4)27-25(30)23(6-2)28(15-20-12-9-10-14-22(20)26)24(29)17-31-16-21-13-8-7-11-18(21)3/h7-14,19,23H,5-6,15-17H2,1-4H3,(H,27,30)/t19-,23+/m1/s1. The summed E-state index contributed by atoms with van der Waals surface area (Å²) in [6.07, 6.45) is 1.38. The number of nitrogens with zero attached hydrogens (tertiary/aromatic N) is 1. The molecule has 4 nitrogen and oxygen atoms in total. The number of nitrogens with one attached hydrogen (secondary N) is 1. The molecule has 0 heterocycles. The van der Waals surface area contributed by atoms with Crippen LogP contribution in [-0.2, 0) is 21.9 Å². The number of rotatable bonds is 11. The minimum atomic E-state index is -0.531. The topological polar surface area (TPSA) is 49.4 Å². The lowest BCUT2D eigenvalue weighted by Crippen LogP contribution is -2.51. The molecule has 2 aromatic carbocycles. The summed E-state index contributed by atoms with van der Waals surface area (Å²) in [5.74, 6) is 0.908. The molecule has 0 spiro atoms. The Morgan fingerprint density at radius 1 is 1.03 bits per heavy atom. The van der Waals surface area contributed by atoms with Crippen molar-refractivity contribution in [2.75, 3.05) is 5.75 Å². The third-order valence-corrected chi connectivity index (χ3v) is 6.76. The van der Waals surface area contributed by atoms with Gasteiger partial charge in [0.15, 0.2) is 0 Å². The highest BCUT2D eigenvalue weighted by molar-refractivity contribution is 7.99. The fourth-order valence-corrected chi connectivity index (χ4v) is 4.46. The van der Waals surface area contributed by atoms with Crippen LogP contribution < -0.4 is 5.32 Å². The number of carbonyl (C=O) groups is 2. The van der Waals surface area contributed by atoms with Gasteiger partial charge in [-0.05, 0) is 49.4 Å². The Hall–Kier alpha value is -1.98. The Morgan fingerprint density at radius 3 is 2.29 bits per heavy atom. The zero-order valence-corrected chi connectivity index (χ0v) is 20.4. The first kappa shape index (κ1) is 25.3. The van der Waals surface area contributed by atoms with Gasteiger partial charge in [0, 0.05) is 23.4 Å². The summed E-state index contributed by atoms with van der Waals surface area (Å²) in [5, 5.41) is 3.64. The predicted molar refractivity (Wildman–Crippen MR) is 131 cm³/mol. The molecule has 2 atom stereocenters. The normalized spacial score (nSPS) is 12.8. The lowest BCUT2D eigenvalue weighted by atomic mass is 10.1. The Morgan fingerprint density at radius 2 is 1.68 bits per heavy atom. The summed E-state index contributed by atoms with van der Waals surface area (Å²) < 4.78 is 0. The number of benzene rings is 2. The molecule has 0 unspecified atom stereocenters. The molecule has 0 saturated carbocycles. The van der Waals surface area contributed by atoms with E-state index in [0.29, 0.717) is 23.7 Å². The van der Waals surface area contributed by atoms with Gasteiger partial charge >= 0.3 is 0 Å². The fourth-order valence-electron chi connectivity index (χ4n) is 3.27. The van der Waals surface area contributed by atoms with E-state index in [1.165, 1.54) is 11.1 Å². The average molecular weight is 461 g/mol. The Kier molecular flexibility index (Phi) is 10.4. The SMILES string of the molecule is CC[C@@H](C)NC(=O)[C@H](CC)N(Cc1ccccc1Cl)C(=O)CSCc1ccccc1C. The molecule has 2 aromatic rings. The zero-order valence-electron chi connectivity index (χ0n) is 18.9. The second-order valence-corrected chi connectivity index (χ2v) is 9.17. The average Bonchev–Trinajstić information content (AvgIpc) is 2.76. The quantitative estimate of drug-likeness (QED) is 0.474. The Bertz CT molecular complexity index is 874. The first-order chi connectivity index (χ1) is 14.9. The van der Waals surface area contributed by atoms with Crippen LogP contribution in [0.25, 0.3) is 0 Å². The molecule has 2 rings (SSSR count). The van der Waals surface area contributed by atoms with Crippen LogP contribution in [0, 0.1) is 6.92 Å². The van der Waals surface area contributed by atoms with Crippen molar-refractivity contribution in [3.8, 4) is 0 Å². The van der Waals surface area contributed by atoms with Crippen molar-refractivity contribution in [1.29, 1.82) is 0 Å². The number of halogens is 1. The molecule has 0 aliphatic carbocycles. The van der Waals surface area contributed by atoms with Gasteiger partial charge in [0.1, 0.15) is 6.04 Å². The second kappa shape index (κ2) is 12.8. The van der Waals surface area contributed by atoms with Crippen LogP contribution in [0.3, 0.4) is 0 Å². The highest BCUT2D eigenvalue weighted by Crippen LogP contribution is 2.22. The summed E-state index contributed by atoms with van der Waals surface area (Å²) in [6.45, 7) is 8.33. The van der Waals surface area contributed by atoms with Crippen molar-refractivity contribution in [3.05, 3.63) is 70.2 Å². The number of hydrogen-bond acceptors (Lipinski definition) is 3. The number of carbonyl (C=O) groups excluding carboxylic acids is 2. The maximum absolute atomic E-state index is 13.3. The molecule has 2 amide bonds. The van der Waals surface area contributed by atoms with Gasteiger partial charge in [-0.25, -0.2) is 0 Å².